The van der Waals surface area contributed by atoms with Crippen LogP contribution in [0.25, 0.3) is 11.4 Å². The van der Waals surface area contributed by atoms with E-state index in [-0.39, 0.29) is 16.2 Å². The molecule has 25 heavy (non-hydrogen) atoms. The number of nitro benzene ring substituents is 1. The summed E-state index contributed by atoms with van der Waals surface area (Å²) in [6, 6.07) is 9.79. The Hall–Kier alpha value is -3.40. The van der Waals surface area contributed by atoms with E-state index < -0.39 is 22.2 Å². The van der Waals surface area contributed by atoms with Gasteiger partial charge in [-0.15, -0.1) is 0 Å². The third kappa shape index (κ3) is 3.28. The topological polar surface area (TPSA) is 109 Å². The van der Waals surface area contributed by atoms with Gasteiger partial charge < -0.3 is 5.11 Å². The van der Waals surface area contributed by atoms with Crippen LogP contribution in [0.15, 0.2) is 47.6 Å². The van der Waals surface area contributed by atoms with E-state index in [4.69, 9.17) is 12.2 Å². The van der Waals surface area contributed by atoms with Gasteiger partial charge >= 0.3 is 5.69 Å². The molecule has 10 heteroatoms. The van der Waals surface area contributed by atoms with E-state index in [1.807, 2.05) is 0 Å². The summed E-state index contributed by atoms with van der Waals surface area (Å²) in [4.78, 5) is 10.2. The predicted octanol–water partition coefficient (Wildman–Crippen LogP) is 3.24. The first-order chi connectivity index (χ1) is 12.0. The number of nitrogens with zero attached hydrogens (tertiary/aromatic N) is 4. The van der Waals surface area contributed by atoms with Crippen LogP contribution < -0.4 is 0 Å². The molecule has 0 spiro atoms. The van der Waals surface area contributed by atoms with Gasteiger partial charge in [-0.2, -0.15) is 14.9 Å². The molecule has 0 saturated heterocycles. The molecule has 0 fully saturated rings. The molecule has 0 aliphatic rings. The number of benzene rings is 2. The summed E-state index contributed by atoms with van der Waals surface area (Å²) >= 11 is 5.08. The lowest BCUT2D eigenvalue weighted by Gasteiger charge is -2.02. The number of nitrogens with one attached hydrogen (secondary N) is 1. The van der Waals surface area contributed by atoms with E-state index in [0.29, 0.717) is 5.56 Å². The van der Waals surface area contributed by atoms with Gasteiger partial charge in [0.05, 0.1) is 16.7 Å². The molecule has 1 heterocycles. The zero-order chi connectivity index (χ0) is 18.0. The number of phenols is 1. The number of hydrogen-bond acceptors (Lipinski definition) is 6. The highest BCUT2D eigenvalue weighted by Gasteiger charge is 2.14. The van der Waals surface area contributed by atoms with Crippen LogP contribution in [0.1, 0.15) is 5.56 Å². The Balaban J connectivity index is 2.02. The molecule has 0 aliphatic carbocycles. The van der Waals surface area contributed by atoms with E-state index in [0.717, 1.165) is 6.07 Å². The highest BCUT2D eigenvalue weighted by molar-refractivity contribution is 7.71. The molecule has 3 aromatic rings. The number of aromatic hydroxyl groups is 1. The monoisotopic (exact) mass is 359 g/mol. The smallest absolute Gasteiger partial charge is 0.311 e. The van der Waals surface area contributed by atoms with Crippen molar-refractivity contribution in [2.45, 2.75) is 0 Å². The lowest BCUT2D eigenvalue weighted by molar-refractivity contribution is -0.385. The molecular formula is C15H10FN5O3S. The predicted molar refractivity (Wildman–Crippen MR) is 90.6 cm³/mol. The number of rotatable bonds is 4. The number of nitro groups is 1. The Kier molecular flexibility index (Phi) is 4.35. The molecule has 0 saturated carbocycles. The van der Waals surface area contributed by atoms with Crippen LogP contribution in [0.4, 0.5) is 10.1 Å². The fourth-order valence-corrected chi connectivity index (χ4v) is 2.29. The molecule has 126 valence electrons. The molecule has 0 amide bonds. The fraction of sp³-hybridized carbons (Fsp3) is 0. The number of aromatic nitrogens is 3. The van der Waals surface area contributed by atoms with Gasteiger partial charge in [0.15, 0.2) is 11.6 Å². The van der Waals surface area contributed by atoms with Crippen molar-refractivity contribution in [3.63, 3.8) is 0 Å². The maximum atomic E-state index is 14.0. The van der Waals surface area contributed by atoms with Crippen LogP contribution in [0.3, 0.4) is 0 Å². The van der Waals surface area contributed by atoms with Gasteiger partial charge in [-0.05, 0) is 36.5 Å². The molecule has 0 radical (unpaired) electrons. The Morgan fingerprint density at radius 2 is 2.12 bits per heavy atom. The lowest BCUT2D eigenvalue weighted by Crippen LogP contribution is -1.97. The van der Waals surface area contributed by atoms with Gasteiger partial charge in [-0.3, -0.25) is 10.1 Å². The van der Waals surface area contributed by atoms with E-state index in [1.54, 1.807) is 12.1 Å². The average molecular weight is 359 g/mol. The molecule has 0 atom stereocenters. The van der Waals surface area contributed by atoms with Crippen molar-refractivity contribution in [2.75, 3.05) is 0 Å². The highest BCUT2D eigenvalue weighted by atomic mass is 32.1. The zero-order valence-corrected chi connectivity index (χ0v) is 13.3. The van der Waals surface area contributed by atoms with E-state index >= 15 is 0 Å². The molecule has 2 N–H and O–H groups in total. The van der Waals surface area contributed by atoms with Crippen LogP contribution in [0, 0.1) is 20.7 Å². The van der Waals surface area contributed by atoms with Crippen molar-refractivity contribution < 1.29 is 14.4 Å². The normalized spacial score (nSPS) is 11.1. The number of H-pyrrole nitrogens is 1. The van der Waals surface area contributed by atoms with Gasteiger partial charge in [0.2, 0.25) is 4.77 Å². The van der Waals surface area contributed by atoms with Gasteiger partial charge in [-0.1, -0.05) is 12.1 Å². The second-order valence-corrected chi connectivity index (χ2v) is 5.28. The number of phenolic OH excluding ortho intramolecular Hbond substituents is 1. The summed E-state index contributed by atoms with van der Waals surface area (Å²) in [5.74, 6) is -0.782. The fourth-order valence-electron chi connectivity index (χ4n) is 2.11. The van der Waals surface area contributed by atoms with Crippen LogP contribution in [0.2, 0.25) is 0 Å². The van der Waals surface area contributed by atoms with Gasteiger partial charge in [0.25, 0.3) is 0 Å². The second kappa shape index (κ2) is 6.61. The van der Waals surface area contributed by atoms with E-state index in [2.05, 4.69) is 15.3 Å². The molecule has 3 rings (SSSR count). The standard InChI is InChI=1S/C15H10FN5O3S/c16-11-4-2-1-3-10(11)14-18-19-15(25)20(14)17-8-9-5-6-13(22)12(7-9)21(23)24/h1-8,22H,(H,19,25)/b17-8-. The van der Waals surface area contributed by atoms with Crippen molar-refractivity contribution >= 4 is 24.1 Å². The van der Waals surface area contributed by atoms with E-state index in [9.17, 15) is 19.6 Å². The summed E-state index contributed by atoms with van der Waals surface area (Å²) < 4.78 is 15.3. The van der Waals surface area contributed by atoms with Crippen molar-refractivity contribution in [3.8, 4) is 17.1 Å². The van der Waals surface area contributed by atoms with Crippen LogP contribution in [-0.4, -0.2) is 31.1 Å². The lowest BCUT2D eigenvalue weighted by atomic mass is 10.2. The second-order valence-electron chi connectivity index (χ2n) is 4.89. The summed E-state index contributed by atoms with van der Waals surface area (Å²) in [6.45, 7) is 0. The Morgan fingerprint density at radius 1 is 1.36 bits per heavy atom. The summed E-state index contributed by atoms with van der Waals surface area (Å²) in [7, 11) is 0. The number of halogens is 1. The average Bonchev–Trinajstić information content (AvgIpc) is 2.95. The Labute approximate surface area is 145 Å². The van der Waals surface area contributed by atoms with Crippen molar-refractivity contribution in [3.05, 3.63) is 68.7 Å². The van der Waals surface area contributed by atoms with Crippen LogP contribution in [-0.2, 0) is 0 Å². The molecule has 8 nitrogen and oxygen atoms in total. The van der Waals surface area contributed by atoms with Crippen LogP contribution >= 0.6 is 12.2 Å². The highest BCUT2D eigenvalue weighted by Crippen LogP contribution is 2.26. The first kappa shape index (κ1) is 16.5. The molecule has 0 aliphatic heterocycles. The minimum absolute atomic E-state index is 0.128. The quantitative estimate of drug-likeness (QED) is 0.322. The SMILES string of the molecule is O=[N+]([O-])c1cc(/C=N\n2c(-c3ccccc3F)n[nH]c2=S)ccc1O. The van der Waals surface area contributed by atoms with Gasteiger partial charge in [0.1, 0.15) is 5.82 Å². The molecule has 2 aromatic carbocycles. The first-order valence-corrected chi connectivity index (χ1v) is 7.32. The first-order valence-electron chi connectivity index (χ1n) is 6.91. The summed E-state index contributed by atoms with van der Waals surface area (Å²) in [5, 5.41) is 30.9. The van der Waals surface area contributed by atoms with Crippen molar-refractivity contribution in [1.29, 1.82) is 0 Å². The maximum Gasteiger partial charge on any atom is 0.311 e. The summed E-state index contributed by atoms with van der Waals surface area (Å²) in [5.41, 5.74) is 0.102. The van der Waals surface area contributed by atoms with Gasteiger partial charge in [-0.25, -0.2) is 9.49 Å². The molecular weight excluding hydrogens is 349 g/mol. The van der Waals surface area contributed by atoms with Crippen molar-refractivity contribution in [1.82, 2.24) is 14.9 Å². The van der Waals surface area contributed by atoms with Gasteiger partial charge in [0, 0.05) is 11.6 Å². The Morgan fingerprint density at radius 3 is 2.84 bits per heavy atom. The maximum absolute atomic E-state index is 14.0. The Bertz CT molecular complexity index is 1040. The van der Waals surface area contributed by atoms with Crippen LogP contribution in [0.5, 0.6) is 5.75 Å². The number of aromatic amines is 1. The minimum atomic E-state index is -0.707. The summed E-state index contributed by atoms with van der Waals surface area (Å²) in [6.07, 6.45) is 1.29. The molecule has 1 aromatic heterocycles. The molecule has 0 bridgehead atoms. The van der Waals surface area contributed by atoms with Crippen molar-refractivity contribution in [2.24, 2.45) is 5.10 Å². The largest absolute Gasteiger partial charge is 0.502 e. The van der Waals surface area contributed by atoms with E-state index in [1.165, 1.54) is 35.2 Å². The number of hydrogen-bond donors (Lipinski definition) is 2. The third-order valence-corrected chi connectivity index (χ3v) is 3.55. The molecule has 0 unspecified atom stereocenters. The minimum Gasteiger partial charge on any atom is -0.502 e. The zero-order valence-electron chi connectivity index (χ0n) is 12.5. The third-order valence-electron chi connectivity index (χ3n) is 3.28.